The summed E-state index contributed by atoms with van der Waals surface area (Å²) < 4.78 is 21.9. The lowest BCUT2D eigenvalue weighted by Gasteiger charge is -2.13. The average molecular weight is 575 g/mol. The average Bonchev–Trinajstić information content (AvgIpc) is 3.00. The lowest BCUT2D eigenvalue weighted by Crippen LogP contribution is -2.15. The highest BCUT2D eigenvalue weighted by Gasteiger charge is 2.14. The van der Waals surface area contributed by atoms with E-state index < -0.39 is 5.97 Å². The smallest absolute Gasteiger partial charge is 0.343 e. The number of ether oxygens (including phenoxy) is 4. The van der Waals surface area contributed by atoms with Gasteiger partial charge >= 0.3 is 17.9 Å². The van der Waals surface area contributed by atoms with Gasteiger partial charge in [0.25, 0.3) is 0 Å². The molecule has 3 rings (SSSR count). The molecule has 0 saturated carbocycles. The van der Waals surface area contributed by atoms with Crippen LogP contribution in [-0.2, 0) is 14.3 Å². The van der Waals surface area contributed by atoms with Crippen molar-refractivity contribution in [2.75, 3.05) is 13.2 Å². The molecule has 0 aromatic heterocycles. The minimum atomic E-state index is -0.485. The fourth-order valence-corrected chi connectivity index (χ4v) is 4.25. The van der Waals surface area contributed by atoms with Crippen molar-refractivity contribution in [2.24, 2.45) is 0 Å². The standard InChI is InChI=1S/C35H42O7/c1-4-6-7-8-11-26(3)41-34(37)30-18-22-32(23-19-30)42-35(38)29-14-12-27(13-15-29)28-16-20-31(21-17-28)39-24-9-25-40-33(36)10-5-2/h12-23,26H,4-11,24-25H2,1-3H3. The van der Waals surface area contributed by atoms with E-state index in [1.165, 1.54) is 12.8 Å². The first-order chi connectivity index (χ1) is 20.4. The van der Waals surface area contributed by atoms with E-state index in [2.05, 4.69) is 6.92 Å². The molecule has 0 heterocycles. The summed E-state index contributed by atoms with van der Waals surface area (Å²) in [5, 5.41) is 0. The minimum Gasteiger partial charge on any atom is -0.493 e. The largest absolute Gasteiger partial charge is 0.493 e. The molecule has 1 atom stereocenters. The Labute approximate surface area is 249 Å². The summed E-state index contributed by atoms with van der Waals surface area (Å²) in [5.74, 6) is 0.0444. The monoisotopic (exact) mass is 574 g/mol. The molecule has 0 radical (unpaired) electrons. The predicted octanol–water partition coefficient (Wildman–Crippen LogP) is 8.20. The van der Waals surface area contributed by atoms with Gasteiger partial charge in [-0.05, 0) is 85.8 Å². The van der Waals surface area contributed by atoms with Crippen LogP contribution in [0.2, 0.25) is 0 Å². The number of benzene rings is 3. The van der Waals surface area contributed by atoms with Gasteiger partial charge in [-0.15, -0.1) is 0 Å². The lowest BCUT2D eigenvalue weighted by atomic mass is 10.0. The van der Waals surface area contributed by atoms with Crippen LogP contribution in [0.1, 0.15) is 92.9 Å². The van der Waals surface area contributed by atoms with Gasteiger partial charge in [-0.3, -0.25) is 4.79 Å². The van der Waals surface area contributed by atoms with Gasteiger partial charge in [0.1, 0.15) is 11.5 Å². The Morgan fingerprint density at radius 2 is 1.24 bits per heavy atom. The third kappa shape index (κ3) is 11.0. The van der Waals surface area contributed by atoms with Crippen LogP contribution in [0.5, 0.6) is 11.5 Å². The van der Waals surface area contributed by atoms with Crippen LogP contribution in [0.4, 0.5) is 0 Å². The molecule has 0 N–H and O–H groups in total. The molecule has 42 heavy (non-hydrogen) atoms. The summed E-state index contributed by atoms with van der Waals surface area (Å²) in [6, 6.07) is 21.2. The Hall–Kier alpha value is -4.13. The molecule has 0 fully saturated rings. The molecule has 0 aliphatic carbocycles. The molecule has 0 saturated heterocycles. The Kier molecular flexibility index (Phi) is 13.6. The first-order valence-corrected chi connectivity index (χ1v) is 14.9. The van der Waals surface area contributed by atoms with Crippen LogP contribution < -0.4 is 9.47 Å². The Morgan fingerprint density at radius 3 is 1.88 bits per heavy atom. The summed E-state index contributed by atoms with van der Waals surface area (Å²) in [4.78, 5) is 36.5. The van der Waals surface area contributed by atoms with Crippen molar-refractivity contribution in [3.05, 3.63) is 83.9 Å². The number of unbranched alkanes of at least 4 members (excludes halogenated alkanes) is 3. The van der Waals surface area contributed by atoms with Crippen molar-refractivity contribution in [1.82, 2.24) is 0 Å². The van der Waals surface area contributed by atoms with Gasteiger partial charge in [-0.2, -0.15) is 0 Å². The van der Waals surface area contributed by atoms with Gasteiger partial charge in [0, 0.05) is 12.8 Å². The third-order valence-corrected chi connectivity index (χ3v) is 6.66. The summed E-state index contributed by atoms with van der Waals surface area (Å²) in [6.45, 7) is 6.83. The normalized spacial score (nSPS) is 11.4. The first-order valence-electron chi connectivity index (χ1n) is 14.9. The zero-order chi connectivity index (χ0) is 30.2. The fraction of sp³-hybridized carbons (Fsp3) is 0.400. The molecule has 1 unspecified atom stereocenters. The fourth-order valence-electron chi connectivity index (χ4n) is 4.25. The first kappa shape index (κ1) is 32.4. The van der Waals surface area contributed by atoms with Gasteiger partial charge in [0.05, 0.1) is 30.4 Å². The highest BCUT2D eigenvalue weighted by atomic mass is 16.5. The Balaban J connectivity index is 1.44. The second-order valence-corrected chi connectivity index (χ2v) is 10.3. The van der Waals surface area contributed by atoms with E-state index >= 15 is 0 Å². The molecule has 0 aliphatic rings. The summed E-state index contributed by atoms with van der Waals surface area (Å²) in [5.41, 5.74) is 2.76. The Morgan fingerprint density at radius 1 is 0.643 bits per heavy atom. The van der Waals surface area contributed by atoms with E-state index in [0.717, 1.165) is 42.6 Å². The van der Waals surface area contributed by atoms with E-state index in [4.69, 9.17) is 18.9 Å². The quantitative estimate of drug-likeness (QED) is 0.0912. The van der Waals surface area contributed by atoms with Crippen molar-refractivity contribution in [3.63, 3.8) is 0 Å². The predicted molar refractivity (Wildman–Crippen MR) is 163 cm³/mol. The molecule has 3 aromatic carbocycles. The zero-order valence-corrected chi connectivity index (χ0v) is 24.9. The molecule has 224 valence electrons. The molecule has 3 aromatic rings. The number of rotatable bonds is 17. The van der Waals surface area contributed by atoms with E-state index in [1.54, 1.807) is 36.4 Å². The van der Waals surface area contributed by atoms with Gasteiger partial charge in [-0.1, -0.05) is 57.4 Å². The Bertz CT molecular complexity index is 1250. The molecular weight excluding hydrogens is 532 g/mol. The number of hydrogen-bond donors (Lipinski definition) is 0. The number of hydrogen-bond acceptors (Lipinski definition) is 7. The number of carbonyl (C=O) groups excluding carboxylic acids is 3. The summed E-state index contributed by atoms with van der Waals surface area (Å²) in [6.07, 6.45) is 7.11. The van der Waals surface area contributed by atoms with Crippen LogP contribution >= 0.6 is 0 Å². The van der Waals surface area contributed by atoms with Gasteiger partial charge in [-0.25, -0.2) is 9.59 Å². The lowest BCUT2D eigenvalue weighted by molar-refractivity contribution is -0.143. The van der Waals surface area contributed by atoms with E-state index in [0.29, 0.717) is 42.9 Å². The molecular formula is C35H42O7. The highest BCUT2D eigenvalue weighted by Crippen LogP contribution is 2.24. The molecule has 0 aliphatic heterocycles. The maximum absolute atomic E-state index is 12.7. The van der Waals surface area contributed by atoms with Crippen LogP contribution in [0.3, 0.4) is 0 Å². The topological polar surface area (TPSA) is 88.1 Å². The number of esters is 3. The molecule has 0 spiro atoms. The van der Waals surface area contributed by atoms with Crippen molar-refractivity contribution in [3.8, 4) is 22.6 Å². The van der Waals surface area contributed by atoms with E-state index in [-0.39, 0.29) is 18.0 Å². The zero-order valence-electron chi connectivity index (χ0n) is 24.9. The van der Waals surface area contributed by atoms with Crippen LogP contribution in [0, 0.1) is 0 Å². The minimum absolute atomic E-state index is 0.138. The van der Waals surface area contributed by atoms with Crippen LogP contribution in [-0.4, -0.2) is 37.2 Å². The number of carbonyl (C=O) groups is 3. The second kappa shape index (κ2) is 17.6. The van der Waals surface area contributed by atoms with E-state index in [1.807, 2.05) is 50.2 Å². The molecule has 0 bridgehead atoms. The summed E-state index contributed by atoms with van der Waals surface area (Å²) in [7, 11) is 0. The van der Waals surface area contributed by atoms with Crippen molar-refractivity contribution in [2.45, 2.75) is 78.2 Å². The third-order valence-electron chi connectivity index (χ3n) is 6.66. The van der Waals surface area contributed by atoms with Gasteiger partial charge in [0.2, 0.25) is 0 Å². The molecule has 0 amide bonds. The second-order valence-electron chi connectivity index (χ2n) is 10.3. The van der Waals surface area contributed by atoms with Crippen molar-refractivity contribution >= 4 is 17.9 Å². The van der Waals surface area contributed by atoms with Crippen molar-refractivity contribution < 1.29 is 33.3 Å². The van der Waals surface area contributed by atoms with Crippen LogP contribution in [0.15, 0.2) is 72.8 Å². The maximum Gasteiger partial charge on any atom is 0.343 e. The highest BCUT2D eigenvalue weighted by molar-refractivity contribution is 5.92. The van der Waals surface area contributed by atoms with Gasteiger partial charge < -0.3 is 18.9 Å². The SMILES string of the molecule is CCCCCCC(C)OC(=O)c1ccc(OC(=O)c2ccc(-c3ccc(OCCCOC(=O)CCC)cc3)cc2)cc1. The summed E-state index contributed by atoms with van der Waals surface area (Å²) >= 11 is 0. The van der Waals surface area contributed by atoms with Crippen molar-refractivity contribution in [1.29, 1.82) is 0 Å². The molecule has 7 nitrogen and oxygen atoms in total. The van der Waals surface area contributed by atoms with Crippen LogP contribution in [0.25, 0.3) is 11.1 Å². The van der Waals surface area contributed by atoms with E-state index in [9.17, 15) is 14.4 Å². The van der Waals surface area contributed by atoms with Gasteiger partial charge in [0.15, 0.2) is 0 Å². The molecule has 7 heteroatoms. The maximum atomic E-state index is 12.7.